The van der Waals surface area contributed by atoms with Crippen molar-refractivity contribution in [3.05, 3.63) is 68.5 Å². The van der Waals surface area contributed by atoms with Gasteiger partial charge >= 0.3 is 12.1 Å². The maximum atomic E-state index is 15.3. The molecule has 1 saturated heterocycles. The quantitative estimate of drug-likeness (QED) is 0.370. The minimum Gasteiger partial charge on any atom is -0.486 e. The number of aryl methyl sites for hydroxylation is 2. The molecular formula is C31H32F4N4O7. The standard InChI is InChI=1S/C31H32F4N4O7/c1-15-11-19(39-7-8-44-14-23(39)31(33,34)35)13-21(32)24(15)28(40)37-22(30(42)43)12-18-5-6-20(27-26(18)45-9-10-46-27)25-29(41)38(4)17(3)16(2)36-25/h5-6,11,13,22-23H,7-10,12,14H2,1-4H3,(H,37,40)(H,42,43)/t22-,23+/m0/s1. The van der Waals surface area contributed by atoms with Gasteiger partial charge in [-0.2, -0.15) is 13.2 Å². The monoisotopic (exact) mass is 648 g/mol. The van der Waals surface area contributed by atoms with Crippen molar-refractivity contribution in [2.24, 2.45) is 7.05 Å². The molecule has 2 atom stereocenters. The number of amides is 1. The first-order chi connectivity index (χ1) is 21.7. The van der Waals surface area contributed by atoms with Crippen LogP contribution in [-0.4, -0.2) is 77.8 Å². The Morgan fingerprint density at radius 3 is 2.46 bits per heavy atom. The number of carbonyl (C=O) groups excluding carboxylic acids is 1. The van der Waals surface area contributed by atoms with Crippen LogP contribution in [0.25, 0.3) is 11.3 Å². The van der Waals surface area contributed by atoms with Crippen LogP contribution in [0.3, 0.4) is 0 Å². The third-order valence-corrected chi connectivity index (χ3v) is 8.20. The van der Waals surface area contributed by atoms with Gasteiger partial charge in [0.1, 0.15) is 36.8 Å². The van der Waals surface area contributed by atoms with Crippen LogP contribution in [0.4, 0.5) is 23.2 Å². The van der Waals surface area contributed by atoms with Crippen molar-refractivity contribution in [1.82, 2.24) is 14.9 Å². The van der Waals surface area contributed by atoms with Gasteiger partial charge in [0.05, 0.1) is 30.0 Å². The minimum atomic E-state index is -4.63. The number of hydrogen-bond donors (Lipinski definition) is 2. The Morgan fingerprint density at radius 2 is 1.80 bits per heavy atom. The molecule has 0 bridgehead atoms. The van der Waals surface area contributed by atoms with E-state index >= 15 is 4.39 Å². The summed E-state index contributed by atoms with van der Waals surface area (Å²) in [5, 5.41) is 12.3. The molecule has 2 aromatic carbocycles. The number of carboxylic acids is 1. The number of rotatable bonds is 7. The van der Waals surface area contributed by atoms with Crippen LogP contribution >= 0.6 is 0 Å². The Kier molecular flexibility index (Phi) is 8.98. The van der Waals surface area contributed by atoms with Crippen LogP contribution < -0.4 is 25.2 Å². The molecule has 2 aliphatic heterocycles. The smallest absolute Gasteiger partial charge is 0.411 e. The fourth-order valence-electron chi connectivity index (χ4n) is 5.58. The predicted molar refractivity (Wildman–Crippen MR) is 157 cm³/mol. The molecule has 0 unspecified atom stereocenters. The second kappa shape index (κ2) is 12.6. The SMILES string of the molecule is Cc1cc(N2CCOC[C@@H]2C(F)(F)F)cc(F)c1C(=O)N[C@@H](Cc1ccc(-c2nc(C)c(C)n(C)c2=O)c2c1OCCO2)C(=O)O. The Balaban J connectivity index is 1.43. The largest absolute Gasteiger partial charge is 0.486 e. The summed E-state index contributed by atoms with van der Waals surface area (Å²) in [5.74, 6) is -3.21. The first-order valence-electron chi connectivity index (χ1n) is 14.4. The average Bonchev–Trinajstić information content (AvgIpc) is 3.01. The Hall–Kier alpha value is -4.66. The molecule has 11 nitrogen and oxygen atoms in total. The van der Waals surface area contributed by atoms with Crippen LogP contribution in [0.1, 0.15) is 32.9 Å². The van der Waals surface area contributed by atoms with Crippen LogP contribution in [0, 0.1) is 26.6 Å². The van der Waals surface area contributed by atoms with Gasteiger partial charge in [0, 0.05) is 37.0 Å². The van der Waals surface area contributed by atoms with E-state index in [1.54, 1.807) is 33.0 Å². The molecule has 46 heavy (non-hydrogen) atoms. The number of anilines is 1. The third kappa shape index (κ3) is 6.23. The number of ether oxygens (including phenoxy) is 3. The molecule has 0 saturated carbocycles. The van der Waals surface area contributed by atoms with Gasteiger partial charge in [-0.3, -0.25) is 9.59 Å². The van der Waals surface area contributed by atoms with Crippen molar-refractivity contribution in [3.8, 4) is 22.8 Å². The predicted octanol–water partition coefficient (Wildman–Crippen LogP) is 3.48. The lowest BCUT2D eigenvalue weighted by Crippen LogP contribution is -2.53. The van der Waals surface area contributed by atoms with Crippen molar-refractivity contribution in [1.29, 1.82) is 0 Å². The summed E-state index contributed by atoms with van der Waals surface area (Å²) in [6.45, 7) is 4.43. The summed E-state index contributed by atoms with van der Waals surface area (Å²) >= 11 is 0. The molecule has 5 rings (SSSR count). The van der Waals surface area contributed by atoms with Gasteiger partial charge in [0.15, 0.2) is 11.5 Å². The molecule has 2 aliphatic rings. The van der Waals surface area contributed by atoms with E-state index in [1.807, 2.05) is 0 Å². The van der Waals surface area contributed by atoms with Crippen molar-refractivity contribution >= 4 is 17.6 Å². The zero-order valence-corrected chi connectivity index (χ0v) is 25.5. The lowest BCUT2D eigenvalue weighted by molar-refractivity contribution is -0.167. The second-order valence-electron chi connectivity index (χ2n) is 11.1. The molecule has 1 amide bonds. The number of carboxylic acid groups (broad SMARTS) is 1. The molecule has 3 aromatic rings. The molecule has 2 N–H and O–H groups in total. The molecule has 1 aromatic heterocycles. The maximum absolute atomic E-state index is 15.3. The highest BCUT2D eigenvalue weighted by atomic mass is 19.4. The number of aromatic nitrogens is 2. The summed E-state index contributed by atoms with van der Waals surface area (Å²) in [7, 11) is 1.62. The average molecular weight is 649 g/mol. The number of fused-ring (bicyclic) bond motifs is 1. The first kappa shape index (κ1) is 32.7. The third-order valence-electron chi connectivity index (χ3n) is 8.20. The summed E-state index contributed by atoms with van der Waals surface area (Å²) in [6.07, 6.45) is -4.93. The molecule has 3 heterocycles. The number of morpholine rings is 1. The van der Waals surface area contributed by atoms with Crippen molar-refractivity contribution in [3.63, 3.8) is 0 Å². The molecule has 15 heteroatoms. The van der Waals surface area contributed by atoms with Crippen LogP contribution in [0.2, 0.25) is 0 Å². The van der Waals surface area contributed by atoms with Crippen molar-refractivity contribution < 1.29 is 46.5 Å². The van der Waals surface area contributed by atoms with E-state index in [4.69, 9.17) is 14.2 Å². The van der Waals surface area contributed by atoms with Gasteiger partial charge in [-0.25, -0.2) is 14.2 Å². The zero-order chi connectivity index (χ0) is 33.5. The lowest BCUT2D eigenvalue weighted by Gasteiger charge is -2.38. The fraction of sp³-hybridized carbons (Fsp3) is 0.419. The summed E-state index contributed by atoms with van der Waals surface area (Å²) in [4.78, 5) is 44.0. The number of hydrogen-bond acceptors (Lipinski definition) is 8. The topological polar surface area (TPSA) is 132 Å². The zero-order valence-electron chi connectivity index (χ0n) is 25.5. The van der Waals surface area contributed by atoms with E-state index in [0.717, 1.165) is 11.0 Å². The van der Waals surface area contributed by atoms with E-state index in [-0.39, 0.29) is 66.8 Å². The van der Waals surface area contributed by atoms with Gasteiger partial charge < -0.3 is 34.1 Å². The number of nitrogens with one attached hydrogen (secondary N) is 1. The van der Waals surface area contributed by atoms with Gasteiger partial charge in [-0.1, -0.05) is 6.07 Å². The number of halogens is 4. The summed E-state index contributed by atoms with van der Waals surface area (Å²) in [5.41, 5.74) is 1.19. The number of aliphatic carboxylic acids is 1. The summed E-state index contributed by atoms with van der Waals surface area (Å²) < 4.78 is 74.2. The maximum Gasteiger partial charge on any atom is 0.411 e. The highest BCUT2D eigenvalue weighted by Gasteiger charge is 2.45. The van der Waals surface area contributed by atoms with Crippen molar-refractivity contribution in [2.75, 3.05) is 37.9 Å². The molecular weight excluding hydrogens is 616 g/mol. The Labute approximate surface area is 260 Å². The van der Waals surface area contributed by atoms with Crippen LogP contribution in [-0.2, 0) is 23.0 Å². The second-order valence-corrected chi connectivity index (χ2v) is 11.1. The molecule has 0 aliphatic carbocycles. The number of benzene rings is 2. The summed E-state index contributed by atoms with van der Waals surface area (Å²) in [6, 6.07) is 1.63. The van der Waals surface area contributed by atoms with E-state index in [2.05, 4.69) is 10.3 Å². The van der Waals surface area contributed by atoms with E-state index in [1.165, 1.54) is 17.6 Å². The Bertz CT molecular complexity index is 1740. The van der Waals surface area contributed by atoms with Crippen LogP contribution in [0.5, 0.6) is 11.5 Å². The molecule has 0 spiro atoms. The first-order valence-corrected chi connectivity index (χ1v) is 14.4. The highest BCUT2D eigenvalue weighted by Crippen LogP contribution is 2.42. The normalized spacial score (nSPS) is 17.0. The van der Waals surface area contributed by atoms with E-state index in [9.17, 15) is 32.7 Å². The Morgan fingerprint density at radius 1 is 1.11 bits per heavy atom. The number of carbonyl (C=O) groups is 2. The van der Waals surface area contributed by atoms with Gasteiger partial charge in [-0.05, 0) is 44.5 Å². The highest BCUT2D eigenvalue weighted by molar-refractivity contribution is 5.98. The fourth-order valence-corrected chi connectivity index (χ4v) is 5.58. The number of alkyl halides is 3. The van der Waals surface area contributed by atoms with Crippen LogP contribution in [0.15, 0.2) is 29.1 Å². The van der Waals surface area contributed by atoms with Crippen molar-refractivity contribution in [2.45, 2.75) is 45.5 Å². The molecule has 1 fully saturated rings. The molecule has 0 radical (unpaired) electrons. The van der Waals surface area contributed by atoms with Gasteiger partial charge in [0.2, 0.25) is 0 Å². The molecule has 246 valence electrons. The number of nitrogens with zero attached hydrogens (tertiary/aromatic N) is 3. The van der Waals surface area contributed by atoms with E-state index < -0.39 is 48.1 Å². The van der Waals surface area contributed by atoms with Gasteiger partial charge in [0.25, 0.3) is 11.5 Å². The minimum absolute atomic E-state index is 0.00698. The van der Waals surface area contributed by atoms with Gasteiger partial charge in [-0.15, -0.1) is 0 Å². The van der Waals surface area contributed by atoms with E-state index in [0.29, 0.717) is 22.5 Å². The lowest BCUT2D eigenvalue weighted by atomic mass is 9.99.